The van der Waals surface area contributed by atoms with E-state index >= 15 is 0 Å². The molecule has 0 unspecified atom stereocenters. The molecule has 5 aromatic rings. The van der Waals surface area contributed by atoms with E-state index in [1.165, 1.54) is 0 Å². The van der Waals surface area contributed by atoms with Gasteiger partial charge in [-0.1, -0.05) is 60.7 Å². The van der Waals surface area contributed by atoms with E-state index in [1.54, 1.807) is 0 Å². The van der Waals surface area contributed by atoms with Crippen LogP contribution in [0.15, 0.2) is 93.9 Å². The molecule has 2 N–H and O–H groups in total. The van der Waals surface area contributed by atoms with Crippen molar-refractivity contribution in [3.8, 4) is 22.3 Å². The predicted octanol–water partition coefficient (Wildman–Crippen LogP) is 3.52. The SMILES string of the molecule is Brc1c2nc(c(-c3ccccc3)c3ccc([nH]3)c(Br)c3nc(c(-c4ccccc4)c4ccc1[nH]4)C=C3)C=C2.[Li+].[Li+]. The Morgan fingerprint density at radius 3 is 1.18 bits per heavy atom. The molecule has 3 aromatic heterocycles. The van der Waals surface area contributed by atoms with Gasteiger partial charge in [0.05, 0.1) is 42.8 Å². The van der Waals surface area contributed by atoms with Gasteiger partial charge in [-0.25, -0.2) is 9.97 Å². The zero-order chi connectivity index (χ0) is 25.6. The standard InChI is InChI=1S/C32H20Br2N4.2Li/c33-31-25-15-11-21(35-25)29(19-7-3-1-4-8-19)22-12-16-26(36-22)32(34)28-18-14-24(38-28)30(20-9-5-2-6-10-20)23-13-17-27(31)37-23;;/h1-18,35,38H;;/q;2*+1. The molecule has 0 saturated carbocycles. The van der Waals surface area contributed by atoms with E-state index in [0.717, 1.165) is 76.0 Å². The van der Waals surface area contributed by atoms with Crippen LogP contribution in [0.4, 0.5) is 0 Å². The number of fused-ring (bicyclic) bond motifs is 8. The average molecular weight is 634 g/mol. The molecule has 2 aliphatic heterocycles. The van der Waals surface area contributed by atoms with Gasteiger partial charge in [0.25, 0.3) is 0 Å². The van der Waals surface area contributed by atoms with E-state index in [-0.39, 0.29) is 37.7 Å². The smallest absolute Gasteiger partial charge is 0.354 e. The fourth-order valence-electron chi connectivity index (χ4n) is 4.95. The van der Waals surface area contributed by atoms with Gasteiger partial charge >= 0.3 is 37.7 Å². The number of rotatable bonds is 2. The van der Waals surface area contributed by atoms with E-state index in [4.69, 9.17) is 9.97 Å². The van der Waals surface area contributed by atoms with Crippen LogP contribution in [0.1, 0.15) is 22.8 Å². The molecule has 2 aliphatic rings. The molecule has 0 atom stereocenters. The molecule has 0 aliphatic carbocycles. The van der Waals surface area contributed by atoms with Crippen molar-refractivity contribution < 1.29 is 37.7 Å². The van der Waals surface area contributed by atoms with Crippen LogP contribution in [0.3, 0.4) is 0 Å². The van der Waals surface area contributed by atoms with Crippen LogP contribution in [-0.4, -0.2) is 19.9 Å². The molecule has 0 fully saturated rings. The molecule has 8 bridgehead atoms. The second-order valence-corrected chi connectivity index (χ2v) is 10.7. The van der Waals surface area contributed by atoms with Gasteiger partial charge in [0, 0.05) is 22.2 Å². The van der Waals surface area contributed by atoms with Crippen LogP contribution in [0.5, 0.6) is 0 Å². The van der Waals surface area contributed by atoms with Crippen molar-refractivity contribution in [2.24, 2.45) is 0 Å². The summed E-state index contributed by atoms with van der Waals surface area (Å²) in [6, 6.07) is 29.1. The fourth-order valence-corrected chi connectivity index (χ4v) is 5.86. The monoisotopic (exact) mass is 632 g/mol. The van der Waals surface area contributed by atoms with Crippen molar-refractivity contribution in [2.45, 2.75) is 0 Å². The summed E-state index contributed by atoms with van der Waals surface area (Å²) in [5.74, 6) is 0. The Hall–Kier alpha value is -2.81. The van der Waals surface area contributed by atoms with Gasteiger partial charge in [-0.05, 0) is 91.6 Å². The topological polar surface area (TPSA) is 57.4 Å². The first-order valence-electron chi connectivity index (χ1n) is 12.2. The number of hydrogen-bond acceptors (Lipinski definition) is 2. The summed E-state index contributed by atoms with van der Waals surface area (Å²) < 4.78 is 1.81. The molecule has 0 radical (unpaired) electrons. The number of H-pyrrole nitrogens is 2. The van der Waals surface area contributed by atoms with E-state index in [0.29, 0.717) is 0 Å². The summed E-state index contributed by atoms with van der Waals surface area (Å²) in [5, 5.41) is 0. The van der Waals surface area contributed by atoms with Gasteiger partial charge in [0.2, 0.25) is 0 Å². The average Bonchev–Trinajstić information content (AvgIpc) is 3.77. The maximum Gasteiger partial charge on any atom is 1.00 e. The first-order valence-corrected chi connectivity index (χ1v) is 13.8. The second-order valence-electron chi connectivity index (χ2n) is 9.11. The second kappa shape index (κ2) is 12.0. The molecule has 0 amide bonds. The number of aromatic amines is 2. The Morgan fingerprint density at radius 2 is 0.775 bits per heavy atom. The quantitative estimate of drug-likeness (QED) is 0.287. The Balaban J connectivity index is 0.00000161. The van der Waals surface area contributed by atoms with Crippen molar-refractivity contribution in [3.05, 3.63) is 117 Å². The molecular formula is C32H20Br2Li2N4+2. The number of halogens is 2. The van der Waals surface area contributed by atoms with E-state index in [2.05, 4.69) is 139 Å². The van der Waals surface area contributed by atoms with Gasteiger partial charge < -0.3 is 9.97 Å². The van der Waals surface area contributed by atoms with Crippen molar-refractivity contribution in [2.75, 3.05) is 0 Å². The maximum absolute atomic E-state index is 5.05. The molecule has 182 valence electrons. The summed E-state index contributed by atoms with van der Waals surface area (Å²) in [6.07, 6.45) is 8.26. The molecular weight excluding hydrogens is 614 g/mol. The molecule has 2 aromatic carbocycles. The fraction of sp³-hybridized carbons (Fsp3) is 0. The third-order valence-corrected chi connectivity index (χ3v) is 8.42. The molecule has 4 nitrogen and oxygen atoms in total. The van der Waals surface area contributed by atoms with E-state index < -0.39 is 0 Å². The van der Waals surface area contributed by atoms with Crippen molar-refractivity contribution >= 4 is 78.2 Å². The number of aromatic nitrogens is 4. The van der Waals surface area contributed by atoms with Crippen LogP contribution >= 0.6 is 31.9 Å². The molecule has 7 rings (SSSR count). The summed E-state index contributed by atoms with van der Waals surface area (Å²) in [6.45, 7) is 0. The van der Waals surface area contributed by atoms with Gasteiger partial charge in [-0.3, -0.25) is 0 Å². The van der Waals surface area contributed by atoms with E-state index in [1.807, 2.05) is 12.1 Å². The minimum atomic E-state index is 0. The minimum absolute atomic E-state index is 0. The number of benzene rings is 2. The molecule has 0 spiro atoms. The van der Waals surface area contributed by atoms with Crippen molar-refractivity contribution in [1.82, 2.24) is 19.9 Å². The van der Waals surface area contributed by atoms with E-state index in [9.17, 15) is 0 Å². The Morgan fingerprint density at radius 1 is 0.425 bits per heavy atom. The van der Waals surface area contributed by atoms with Crippen LogP contribution in [0, 0.1) is 0 Å². The van der Waals surface area contributed by atoms with Gasteiger partial charge in [0.15, 0.2) is 0 Å². The number of hydrogen-bond donors (Lipinski definition) is 2. The number of nitrogens with zero attached hydrogens (tertiary/aromatic N) is 2. The Bertz CT molecular complexity index is 1800. The van der Waals surface area contributed by atoms with Gasteiger partial charge in [-0.15, -0.1) is 0 Å². The Kier molecular flexibility index (Phi) is 8.59. The van der Waals surface area contributed by atoms with Gasteiger partial charge in [0.1, 0.15) is 0 Å². The summed E-state index contributed by atoms with van der Waals surface area (Å²) in [5.41, 5.74) is 11.7. The largest absolute Gasteiger partial charge is 1.00 e. The normalized spacial score (nSPS) is 11.7. The zero-order valence-electron chi connectivity index (χ0n) is 22.0. The predicted molar refractivity (Wildman–Crippen MR) is 165 cm³/mol. The Labute approximate surface area is 272 Å². The van der Waals surface area contributed by atoms with Crippen molar-refractivity contribution in [3.63, 3.8) is 0 Å². The summed E-state index contributed by atoms with van der Waals surface area (Å²) in [4.78, 5) is 17.3. The number of nitrogens with one attached hydrogen (secondary N) is 2. The van der Waals surface area contributed by atoms with Crippen LogP contribution < -0.4 is 37.7 Å². The third-order valence-electron chi connectivity index (χ3n) is 6.75. The van der Waals surface area contributed by atoms with Crippen LogP contribution in [0.2, 0.25) is 0 Å². The van der Waals surface area contributed by atoms with Crippen LogP contribution in [0.25, 0.3) is 68.6 Å². The zero-order valence-corrected chi connectivity index (χ0v) is 25.2. The molecule has 5 heterocycles. The molecule has 8 heteroatoms. The summed E-state index contributed by atoms with van der Waals surface area (Å²) >= 11 is 7.66. The van der Waals surface area contributed by atoms with Gasteiger partial charge in [-0.2, -0.15) is 0 Å². The summed E-state index contributed by atoms with van der Waals surface area (Å²) in [7, 11) is 0. The minimum Gasteiger partial charge on any atom is -0.354 e. The first-order chi connectivity index (χ1) is 18.7. The van der Waals surface area contributed by atoms with Crippen molar-refractivity contribution in [1.29, 1.82) is 0 Å². The van der Waals surface area contributed by atoms with Crippen LogP contribution in [-0.2, 0) is 0 Å². The third kappa shape index (κ3) is 5.17. The maximum atomic E-state index is 5.05. The molecule has 0 saturated heterocycles. The molecule has 40 heavy (non-hydrogen) atoms. The first kappa shape index (κ1) is 28.7.